The summed E-state index contributed by atoms with van der Waals surface area (Å²) in [7, 11) is 0. The Morgan fingerprint density at radius 2 is 2.00 bits per heavy atom. The van der Waals surface area contributed by atoms with Gasteiger partial charge in [-0.1, -0.05) is 0 Å². The van der Waals surface area contributed by atoms with Crippen LogP contribution in [0.15, 0.2) is 24.4 Å². The molecule has 0 amide bonds. The van der Waals surface area contributed by atoms with Gasteiger partial charge in [-0.2, -0.15) is 4.98 Å². The third kappa shape index (κ3) is 2.99. The number of hydrogen-bond donors (Lipinski definition) is 2. The highest BCUT2D eigenvalue weighted by Crippen LogP contribution is 2.35. The molecule has 2 aromatic rings. The number of nitrogens with one attached hydrogen (secondary N) is 2. The van der Waals surface area contributed by atoms with Crippen LogP contribution in [0.25, 0.3) is 0 Å². The highest BCUT2D eigenvalue weighted by Gasteiger charge is 2.14. The normalized spacial score (nSPS) is 12.6. The molecule has 0 saturated carbocycles. The van der Waals surface area contributed by atoms with Crippen LogP contribution >= 0.6 is 0 Å². The summed E-state index contributed by atoms with van der Waals surface area (Å²) in [6, 6.07) is 6.00. The molecular formula is C15H18N4O2. The predicted octanol–water partition coefficient (Wildman–Crippen LogP) is 3.08. The van der Waals surface area contributed by atoms with Crippen molar-refractivity contribution in [2.45, 2.75) is 26.8 Å². The van der Waals surface area contributed by atoms with Crippen molar-refractivity contribution in [2.75, 3.05) is 17.4 Å². The van der Waals surface area contributed by atoms with Crippen molar-refractivity contribution >= 4 is 17.5 Å². The molecule has 0 fully saturated rings. The Labute approximate surface area is 123 Å². The van der Waals surface area contributed by atoms with Crippen molar-refractivity contribution in [1.82, 2.24) is 9.97 Å². The third-order valence-corrected chi connectivity index (χ3v) is 3.02. The Bertz CT molecular complexity index is 658. The summed E-state index contributed by atoms with van der Waals surface area (Å²) >= 11 is 0. The average molecular weight is 286 g/mol. The average Bonchev–Trinajstić information content (AvgIpc) is 2.89. The van der Waals surface area contributed by atoms with Crippen LogP contribution < -0.4 is 20.1 Å². The molecule has 0 spiro atoms. The minimum Gasteiger partial charge on any atom is -0.454 e. The largest absolute Gasteiger partial charge is 0.454 e. The fourth-order valence-electron chi connectivity index (χ4n) is 2.01. The van der Waals surface area contributed by atoms with Crippen molar-refractivity contribution in [3.8, 4) is 11.5 Å². The van der Waals surface area contributed by atoms with E-state index in [2.05, 4.69) is 20.6 Å². The summed E-state index contributed by atoms with van der Waals surface area (Å²) in [6.07, 6.45) is 1.80. The first-order chi connectivity index (χ1) is 10.1. The molecule has 110 valence electrons. The van der Waals surface area contributed by atoms with Gasteiger partial charge in [-0.25, -0.2) is 4.98 Å². The van der Waals surface area contributed by atoms with Gasteiger partial charge in [-0.15, -0.1) is 0 Å². The lowest BCUT2D eigenvalue weighted by atomic mass is 10.2. The number of anilines is 3. The molecule has 6 nitrogen and oxygen atoms in total. The first-order valence-electron chi connectivity index (χ1n) is 6.88. The molecule has 2 heterocycles. The van der Waals surface area contributed by atoms with Gasteiger partial charge in [0.15, 0.2) is 11.5 Å². The van der Waals surface area contributed by atoms with E-state index in [4.69, 9.17) is 9.47 Å². The molecule has 0 radical (unpaired) electrons. The van der Waals surface area contributed by atoms with Gasteiger partial charge >= 0.3 is 0 Å². The second-order valence-corrected chi connectivity index (χ2v) is 5.22. The lowest BCUT2D eigenvalue weighted by Gasteiger charge is -2.12. The van der Waals surface area contributed by atoms with Crippen LogP contribution in [-0.2, 0) is 0 Å². The number of rotatable bonds is 4. The molecule has 6 heteroatoms. The zero-order valence-corrected chi connectivity index (χ0v) is 12.3. The van der Waals surface area contributed by atoms with Crippen molar-refractivity contribution in [3.05, 3.63) is 30.0 Å². The van der Waals surface area contributed by atoms with Gasteiger partial charge in [-0.3, -0.25) is 0 Å². The number of nitrogens with zero attached hydrogens (tertiary/aromatic N) is 2. The lowest BCUT2D eigenvalue weighted by Crippen LogP contribution is -2.13. The van der Waals surface area contributed by atoms with Crippen molar-refractivity contribution in [2.24, 2.45) is 0 Å². The van der Waals surface area contributed by atoms with Gasteiger partial charge in [0.05, 0.1) is 0 Å². The quantitative estimate of drug-likeness (QED) is 0.900. The first-order valence-corrected chi connectivity index (χ1v) is 6.88. The molecule has 2 N–H and O–H groups in total. The second kappa shape index (κ2) is 5.47. The predicted molar refractivity (Wildman–Crippen MR) is 81.4 cm³/mol. The van der Waals surface area contributed by atoms with Gasteiger partial charge in [0, 0.05) is 29.6 Å². The monoisotopic (exact) mass is 286 g/mol. The van der Waals surface area contributed by atoms with Crippen LogP contribution in [-0.4, -0.2) is 22.8 Å². The third-order valence-electron chi connectivity index (χ3n) is 3.02. The SMILES string of the molecule is Cc1cnc(NC(C)C)nc1Nc1ccc2c(c1)OCO2. The Morgan fingerprint density at radius 3 is 2.81 bits per heavy atom. The number of benzene rings is 1. The minimum absolute atomic E-state index is 0.272. The summed E-state index contributed by atoms with van der Waals surface area (Å²) < 4.78 is 10.7. The molecule has 3 rings (SSSR count). The molecule has 0 atom stereocenters. The van der Waals surface area contributed by atoms with Crippen LogP contribution in [0.3, 0.4) is 0 Å². The molecule has 1 aromatic carbocycles. The molecule has 0 saturated heterocycles. The first kappa shape index (κ1) is 13.5. The van der Waals surface area contributed by atoms with Crippen LogP contribution in [0.2, 0.25) is 0 Å². The van der Waals surface area contributed by atoms with E-state index in [1.165, 1.54) is 0 Å². The zero-order valence-electron chi connectivity index (χ0n) is 12.3. The van der Waals surface area contributed by atoms with Crippen molar-refractivity contribution < 1.29 is 9.47 Å². The zero-order chi connectivity index (χ0) is 14.8. The van der Waals surface area contributed by atoms with Gasteiger partial charge < -0.3 is 20.1 Å². The van der Waals surface area contributed by atoms with E-state index in [9.17, 15) is 0 Å². The highest BCUT2D eigenvalue weighted by atomic mass is 16.7. The van der Waals surface area contributed by atoms with Crippen LogP contribution in [0, 0.1) is 6.92 Å². The number of aromatic nitrogens is 2. The van der Waals surface area contributed by atoms with E-state index in [0.717, 1.165) is 28.6 Å². The van der Waals surface area contributed by atoms with E-state index in [1.54, 1.807) is 6.20 Å². The topological polar surface area (TPSA) is 68.3 Å². The fourth-order valence-corrected chi connectivity index (χ4v) is 2.01. The summed E-state index contributed by atoms with van der Waals surface area (Å²) in [4.78, 5) is 8.77. The summed E-state index contributed by atoms with van der Waals surface area (Å²) in [5.41, 5.74) is 1.87. The van der Waals surface area contributed by atoms with Crippen LogP contribution in [0.1, 0.15) is 19.4 Å². The maximum absolute atomic E-state index is 5.38. The molecule has 1 aliphatic rings. The van der Waals surface area contributed by atoms with E-state index in [0.29, 0.717) is 5.95 Å². The smallest absolute Gasteiger partial charge is 0.231 e. The van der Waals surface area contributed by atoms with Crippen LogP contribution in [0.4, 0.5) is 17.5 Å². The van der Waals surface area contributed by atoms with Gasteiger partial charge in [0.25, 0.3) is 0 Å². The maximum Gasteiger partial charge on any atom is 0.231 e. The summed E-state index contributed by atoms with van der Waals surface area (Å²) in [5.74, 6) is 2.89. The van der Waals surface area contributed by atoms with Gasteiger partial charge in [-0.05, 0) is 32.9 Å². The number of aryl methyl sites for hydroxylation is 1. The van der Waals surface area contributed by atoms with Crippen molar-refractivity contribution in [3.63, 3.8) is 0 Å². The highest BCUT2D eigenvalue weighted by molar-refractivity contribution is 5.64. The second-order valence-electron chi connectivity index (χ2n) is 5.22. The van der Waals surface area contributed by atoms with Crippen molar-refractivity contribution in [1.29, 1.82) is 0 Å². The molecule has 0 aliphatic carbocycles. The number of ether oxygens (including phenoxy) is 2. The number of hydrogen-bond acceptors (Lipinski definition) is 6. The Balaban J connectivity index is 1.83. The Kier molecular flexibility index (Phi) is 3.51. The number of fused-ring (bicyclic) bond motifs is 1. The Hall–Kier alpha value is -2.50. The minimum atomic E-state index is 0.272. The molecule has 1 aromatic heterocycles. The maximum atomic E-state index is 5.38. The van der Waals surface area contributed by atoms with E-state index < -0.39 is 0 Å². The van der Waals surface area contributed by atoms with Gasteiger partial charge in [0.2, 0.25) is 12.7 Å². The summed E-state index contributed by atoms with van der Waals surface area (Å²) in [5, 5.41) is 6.48. The van der Waals surface area contributed by atoms with E-state index in [1.807, 2.05) is 39.0 Å². The Morgan fingerprint density at radius 1 is 1.19 bits per heavy atom. The van der Waals surface area contributed by atoms with Gasteiger partial charge in [0.1, 0.15) is 5.82 Å². The summed E-state index contributed by atoms with van der Waals surface area (Å²) in [6.45, 7) is 6.34. The van der Waals surface area contributed by atoms with Crippen LogP contribution in [0.5, 0.6) is 11.5 Å². The fraction of sp³-hybridized carbons (Fsp3) is 0.333. The molecule has 0 unspecified atom stereocenters. The molecule has 1 aliphatic heterocycles. The van der Waals surface area contributed by atoms with E-state index >= 15 is 0 Å². The molecular weight excluding hydrogens is 268 g/mol. The lowest BCUT2D eigenvalue weighted by molar-refractivity contribution is 0.174. The van der Waals surface area contributed by atoms with E-state index in [-0.39, 0.29) is 12.8 Å². The molecule has 0 bridgehead atoms. The molecule has 21 heavy (non-hydrogen) atoms. The standard InChI is InChI=1S/C15H18N4O2/c1-9(2)17-15-16-7-10(3)14(19-15)18-11-4-5-12-13(6-11)21-8-20-12/h4-7,9H,8H2,1-3H3,(H2,16,17,18,19).